The second-order valence-electron chi connectivity index (χ2n) is 5.11. The van der Waals surface area contributed by atoms with Crippen molar-refractivity contribution in [3.63, 3.8) is 0 Å². The lowest BCUT2D eigenvalue weighted by atomic mass is 10.1. The van der Waals surface area contributed by atoms with Crippen molar-refractivity contribution in [2.75, 3.05) is 17.3 Å². The molecule has 0 aliphatic carbocycles. The summed E-state index contributed by atoms with van der Waals surface area (Å²) in [6.07, 6.45) is 3.67. The van der Waals surface area contributed by atoms with E-state index in [2.05, 4.69) is 41.5 Å². The maximum absolute atomic E-state index is 9.88. The first-order chi connectivity index (χ1) is 9.08. The maximum atomic E-state index is 9.88. The molecule has 1 aromatic heterocycles. The van der Waals surface area contributed by atoms with Crippen molar-refractivity contribution in [3.8, 4) is 0 Å². The molecule has 0 amide bonds. The van der Waals surface area contributed by atoms with Gasteiger partial charge in [-0.15, -0.1) is 0 Å². The quantitative estimate of drug-likeness (QED) is 0.421. The highest BCUT2D eigenvalue weighted by atomic mass is 16.3. The first-order valence-corrected chi connectivity index (χ1v) is 6.80. The number of hydrogen-bond acceptors (Lipinski definition) is 6. The van der Waals surface area contributed by atoms with Gasteiger partial charge in [0.15, 0.2) is 0 Å². The highest BCUT2D eigenvalue weighted by molar-refractivity contribution is 5.56. The number of rotatable bonds is 8. The smallest absolute Gasteiger partial charge is 0.148 e. The van der Waals surface area contributed by atoms with Gasteiger partial charge in [-0.2, -0.15) is 0 Å². The summed E-state index contributed by atoms with van der Waals surface area (Å²) in [5.41, 5.74) is 3.55. The van der Waals surface area contributed by atoms with Gasteiger partial charge < -0.3 is 15.8 Å². The standard InChI is InChI=1S/C13H25N5O/c1-4-5-11-12(16-8-17-13(11)18-14)15-7-10(19)6-9(2)3/h8-10,19H,4-7,14H2,1-3H3,(H2,15,16,17,18). The number of aromatic nitrogens is 2. The van der Waals surface area contributed by atoms with Crippen LogP contribution in [0.5, 0.6) is 0 Å². The molecule has 1 aromatic rings. The fourth-order valence-corrected chi connectivity index (χ4v) is 2.02. The zero-order valence-corrected chi connectivity index (χ0v) is 12.0. The number of nitrogens with zero attached hydrogens (tertiary/aromatic N) is 2. The Morgan fingerprint density at radius 3 is 2.58 bits per heavy atom. The molecule has 6 nitrogen and oxygen atoms in total. The normalized spacial score (nSPS) is 12.5. The molecule has 0 bridgehead atoms. The molecule has 1 unspecified atom stereocenters. The summed E-state index contributed by atoms with van der Waals surface area (Å²) in [4.78, 5) is 8.33. The van der Waals surface area contributed by atoms with Crippen molar-refractivity contribution < 1.29 is 5.11 Å². The molecule has 1 heterocycles. The lowest BCUT2D eigenvalue weighted by molar-refractivity contribution is 0.161. The van der Waals surface area contributed by atoms with Crippen molar-refractivity contribution in [2.45, 2.75) is 46.1 Å². The second-order valence-corrected chi connectivity index (χ2v) is 5.11. The van der Waals surface area contributed by atoms with Crippen LogP contribution in [0, 0.1) is 5.92 Å². The number of hydrogen-bond donors (Lipinski definition) is 4. The maximum Gasteiger partial charge on any atom is 0.148 e. The summed E-state index contributed by atoms with van der Waals surface area (Å²) in [6.45, 7) is 6.75. The van der Waals surface area contributed by atoms with E-state index >= 15 is 0 Å². The third-order valence-corrected chi connectivity index (χ3v) is 2.83. The first kappa shape index (κ1) is 15.7. The SMILES string of the molecule is CCCc1c(NN)ncnc1NCC(O)CC(C)C. The molecule has 0 spiro atoms. The molecule has 0 fully saturated rings. The van der Waals surface area contributed by atoms with E-state index in [1.165, 1.54) is 6.33 Å². The average molecular weight is 267 g/mol. The van der Waals surface area contributed by atoms with Crippen molar-refractivity contribution in [1.29, 1.82) is 0 Å². The van der Waals surface area contributed by atoms with Gasteiger partial charge in [0.2, 0.25) is 0 Å². The number of nitrogen functional groups attached to an aromatic ring is 1. The summed E-state index contributed by atoms with van der Waals surface area (Å²) in [5.74, 6) is 7.31. The predicted octanol–water partition coefficient (Wildman–Crippen LogP) is 1.53. The molecule has 19 heavy (non-hydrogen) atoms. The van der Waals surface area contributed by atoms with Crippen LogP contribution in [0.25, 0.3) is 0 Å². The molecule has 6 heteroatoms. The number of nitrogens with one attached hydrogen (secondary N) is 2. The molecule has 0 aliphatic rings. The van der Waals surface area contributed by atoms with Gasteiger partial charge in [0.25, 0.3) is 0 Å². The molecule has 1 atom stereocenters. The predicted molar refractivity (Wildman–Crippen MR) is 77.8 cm³/mol. The fourth-order valence-electron chi connectivity index (χ4n) is 2.02. The van der Waals surface area contributed by atoms with Gasteiger partial charge in [0.1, 0.15) is 18.0 Å². The van der Waals surface area contributed by atoms with Gasteiger partial charge in [0.05, 0.1) is 6.10 Å². The van der Waals surface area contributed by atoms with Gasteiger partial charge in [0, 0.05) is 12.1 Å². The largest absolute Gasteiger partial charge is 0.391 e. The van der Waals surface area contributed by atoms with Crippen LogP contribution in [0.3, 0.4) is 0 Å². The Balaban J connectivity index is 2.71. The van der Waals surface area contributed by atoms with Crippen LogP contribution in [0.1, 0.15) is 39.2 Å². The van der Waals surface area contributed by atoms with Crippen LogP contribution in [0.2, 0.25) is 0 Å². The molecule has 0 saturated heterocycles. The molecular weight excluding hydrogens is 242 g/mol. The Morgan fingerprint density at radius 1 is 1.32 bits per heavy atom. The summed E-state index contributed by atoms with van der Waals surface area (Å²) >= 11 is 0. The molecule has 0 radical (unpaired) electrons. The van der Waals surface area contributed by atoms with Gasteiger partial charge in [-0.1, -0.05) is 27.2 Å². The molecule has 1 rings (SSSR count). The Labute approximate surface area is 114 Å². The minimum absolute atomic E-state index is 0.376. The molecule has 0 aromatic carbocycles. The van der Waals surface area contributed by atoms with Crippen LogP contribution in [-0.4, -0.2) is 27.7 Å². The zero-order chi connectivity index (χ0) is 14.3. The van der Waals surface area contributed by atoms with E-state index < -0.39 is 0 Å². The first-order valence-electron chi connectivity index (χ1n) is 6.80. The van der Waals surface area contributed by atoms with E-state index in [9.17, 15) is 5.11 Å². The summed E-state index contributed by atoms with van der Waals surface area (Å²) < 4.78 is 0. The fraction of sp³-hybridized carbons (Fsp3) is 0.692. The van der Waals surface area contributed by atoms with E-state index in [-0.39, 0.29) is 6.10 Å². The summed E-state index contributed by atoms with van der Waals surface area (Å²) in [7, 11) is 0. The van der Waals surface area contributed by atoms with Gasteiger partial charge in [-0.3, -0.25) is 0 Å². The molecule has 5 N–H and O–H groups in total. The number of aliphatic hydroxyl groups is 1. The number of anilines is 2. The lowest BCUT2D eigenvalue weighted by Crippen LogP contribution is -2.23. The van der Waals surface area contributed by atoms with E-state index in [0.717, 1.165) is 30.6 Å². The van der Waals surface area contributed by atoms with Gasteiger partial charge in [-0.25, -0.2) is 15.8 Å². The van der Waals surface area contributed by atoms with Gasteiger partial charge in [-0.05, 0) is 18.8 Å². The number of hydrazine groups is 1. The molecule has 0 saturated carbocycles. The second kappa shape index (κ2) is 7.91. The third kappa shape index (κ3) is 5.00. The van der Waals surface area contributed by atoms with Crippen molar-refractivity contribution in [3.05, 3.63) is 11.9 Å². The van der Waals surface area contributed by atoms with Crippen molar-refractivity contribution in [1.82, 2.24) is 9.97 Å². The van der Waals surface area contributed by atoms with Gasteiger partial charge >= 0.3 is 0 Å². The average Bonchev–Trinajstić information content (AvgIpc) is 2.37. The van der Waals surface area contributed by atoms with Crippen LogP contribution in [0.4, 0.5) is 11.6 Å². The number of nitrogens with two attached hydrogens (primary N) is 1. The van der Waals surface area contributed by atoms with Crippen LogP contribution in [-0.2, 0) is 6.42 Å². The Hall–Kier alpha value is -1.40. The van der Waals surface area contributed by atoms with Crippen LogP contribution >= 0.6 is 0 Å². The lowest BCUT2D eigenvalue weighted by Gasteiger charge is -2.17. The van der Waals surface area contributed by atoms with Crippen LogP contribution in [0.15, 0.2) is 6.33 Å². The van der Waals surface area contributed by atoms with Crippen molar-refractivity contribution in [2.24, 2.45) is 11.8 Å². The summed E-state index contributed by atoms with van der Waals surface area (Å²) in [5, 5.41) is 13.1. The Morgan fingerprint density at radius 2 is 2.00 bits per heavy atom. The van der Waals surface area contributed by atoms with Crippen LogP contribution < -0.4 is 16.6 Å². The zero-order valence-electron chi connectivity index (χ0n) is 12.0. The Bertz CT molecular complexity index is 383. The highest BCUT2D eigenvalue weighted by Gasteiger charge is 2.12. The minimum Gasteiger partial charge on any atom is -0.391 e. The van der Waals surface area contributed by atoms with E-state index in [1.807, 2.05) is 0 Å². The topological polar surface area (TPSA) is 96.1 Å². The summed E-state index contributed by atoms with van der Waals surface area (Å²) in [6, 6.07) is 0. The monoisotopic (exact) mass is 267 g/mol. The highest BCUT2D eigenvalue weighted by Crippen LogP contribution is 2.21. The Kier molecular flexibility index (Phi) is 6.52. The molecule has 0 aliphatic heterocycles. The molecule has 108 valence electrons. The third-order valence-electron chi connectivity index (χ3n) is 2.83. The van der Waals surface area contributed by atoms with E-state index in [1.54, 1.807) is 0 Å². The van der Waals surface area contributed by atoms with E-state index in [0.29, 0.717) is 18.3 Å². The van der Waals surface area contributed by atoms with Crippen molar-refractivity contribution >= 4 is 11.6 Å². The molecular formula is C13H25N5O. The number of aliphatic hydroxyl groups excluding tert-OH is 1. The van der Waals surface area contributed by atoms with E-state index in [4.69, 9.17) is 5.84 Å². The minimum atomic E-state index is -0.376.